The van der Waals surface area contributed by atoms with Crippen LogP contribution in [0.2, 0.25) is 0 Å². The van der Waals surface area contributed by atoms with Gasteiger partial charge in [-0.15, -0.1) is 0 Å². The van der Waals surface area contributed by atoms with Gasteiger partial charge in [0, 0.05) is 31.2 Å². The Hall–Kier alpha value is -3.64. The largest absolute Gasteiger partial charge is 0.478 e. The molecule has 0 unspecified atom stereocenters. The highest BCUT2D eigenvalue weighted by molar-refractivity contribution is 5.94. The number of aromatic carboxylic acids is 1. The van der Waals surface area contributed by atoms with E-state index in [1.54, 1.807) is 36.4 Å². The lowest BCUT2D eigenvalue weighted by Crippen LogP contribution is -2.44. The zero-order valence-corrected chi connectivity index (χ0v) is 17.7. The quantitative estimate of drug-likeness (QED) is 0.574. The summed E-state index contributed by atoms with van der Waals surface area (Å²) in [6.07, 6.45) is 1.77. The van der Waals surface area contributed by atoms with Crippen molar-refractivity contribution in [1.29, 1.82) is 0 Å². The zero-order valence-electron chi connectivity index (χ0n) is 17.7. The van der Waals surface area contributed by atoms with Gasteiger partial charge in [0.05, 0.1) is 5.56 Å². The highest BCUT2D eigenvalue weighted by Gasteiger charge is 2.21. The number of ether oxygens (including phenoxy) is 1. The lowest BCUT2D eigenvalue weighted by atomic mass is 10.0. The van der Waals surface area contributed by atoms with Crippen molar-refractivity contribution in [2.75, 3.05) is 13.1 Å². The van der Waals surface area contributed by atoms with Gasteiger partial charge in [0.2, 0.25) is 0 Å². The summed E-state index contributed by atoms with van der Waals surface area (Å²) in [5.41, 5.74) is 2.01. The van der Waals surface area contributed by atoms with Crippen LogP contribution in [-0.2, 0) is 6.54 Å². The molecule has 3 aromatic rings. The van der Waals surface area contributed by atoms with Gasteiger partial charge in [-0.05, 0) is 66.9 Å². The molecule has 1 heterocycles. The maximum atomic E-state index is 12.6. The first-order valence-corrected chi connectivity index (χ1v) is 10.8. The number of carbonyl (C=O) groups excluding carboxylic acids is 1. The number of benzene rings is 3. The first kappa shape index (κ1) is 21.6. The van der Waals surface area contributed by atoms with E-state index in [-0.39, 0.29) is 11.9 Å². The second kappa shape index (κ2) is 10.1. The molecule has 6 nitrogen and oxygen atoms in total. The average Bonchev–Trinajstić information content (AvgIpc) is 2.82. The summed E-state index contributed by atoms with van der Waals surface area (Å²) >= 11 is 0. The molecule has 4 rings (SSSR count). The predicted octanol–water partition coefficient (Wildman–Crippen LogP) is 4.57. The minimum atomic E-state index is -0.911. The Morgan fingerprint density at radius 3 is 2.06 bits per heavy atom. The lowest BCUT2D eigenvalue weighted by molar-refractivity contribution is 0.0696. The molecule has 1 aliphatic rings. The predicted molar refractivity (Wildman–Crippen MR) is 122 cm³/mol. The molecule has 164 valence electrons. The van der Waals surface area contributed by atoms with Gasteiger partial charge in [0.25, 0.3) is 5.91 Å². The highest BCUT2D eigenvalue weighted by atomic mass is 16.5. The highest BCUT2D eigenvalue weighted by Crippen LogP contribution is 2.21. The Labute approximate surface area is 187 Å². The third kappa shape index (κ3) is 5.74. The number of carboxylic acids is 1. The van der Waals surface area contributed by atoms with Crippen LogP contribution < -0.4 is 10.1 Å². The third-order valence-electron chi connectivity index (χ3n) is 5.63. The summed E-state index contributed by atoms with van der Waals surface area (Å²) in [5, 5.41) is 12.1. The van der Waals surface area contributed by atoms with Crippen molar-refractivity contribution in [3.05, 3.63) is 95.6 Å². The molecule has 3 aromatic carbocycles. The third-order valence-corrected chi connectivity index (χ3v) is 5.63. The number of nitrogens with zero attached hydrogens (tertiary/aromatic N) is 1. The fourth-order valence-corrected chi connectivity index (χ4v) is 3.81. The molecule has 0 atom stereocenters. The normalized spacial score (nSPS) is 14.6. The van der Waals surface area contributed by atoms with Crippen LogP contribution >= 0.6 is 0 Å². The van der Waals surface area contributed by atoms with Crippen molar-refractivity contribution in [1.82, 2.24) is 10.2 Å². The van der Waals surface area contributed by atoms with Crippen molar-refractivity contribution in [3.8, 4) is 11.5 Å². The van der Waals surface area contributed by atoms with E-state index in [9.17, 15) is 9.59 Å². The summed E-state index contributed by atoms with van der Waals surface area (Å²) in [5.74, 6) is 0.470. The van der Waals surface area contributed by atoms with Crippen LogP contribution in [0.25, 0.3) is 0 Å². The molecule has 1 saturated heterocycles. The number of carbonyl (C=O) groups is 2. The van der Waals surface area contributed by atoms with Gasteiger partial charge in [0.1, 0.15) is 11.5 Å². The number of carboxylic acid groups (broad SMARTS) is 1. The number of hydrogen-bond acceptors (Lipinski definition) is 4. The lowest BCUT2D eigenvalue weighted by Gasteiger charge is -2.32. The Balaban J connectivity index is 1.24. The standard InChI is InChI=1S/C26H26N2O4/c29-25(20-10-12-24(13-11-20)32-23-4-2-1-3-5-23)27-22-14-16-28(17-15-22)18-19-6-8-21(9-7-19)26(30)31/h1-13,22H,14-18H2,(H,27,29)(H,30,31). The SMILES string of the molecule is O=C(O)c1ccc(CN2CCC(NC(=O)c3ccc(Oc4ccccc4)cc3)CC2)cc1. The minimum Gasteiger partial charge on any atom is -0.478 e. The van der Waals surface area contributed by atoms with E-state index >= 15 is 0 Å². The summed E-state index contributed by atoms with van der Waals surface area (Å²) in [7, 11) is 0. The zero-order chi connectivity index (χ0) is 22.3. The molecule has 0 aromatic heterocycles. The molecule has 0 radical (unpaired) electrons. The number of likely N-dealkylation sites (tertiary alicyclic amines) is 1. The molecular formula is C26H26N2O4. The van der Waals surface area contributed by atoms with Gasteiger partial charge in [-0.1, -0.05) is 30.3 Å². The van der Waals surface area contributed by atoms with Gasteiger partial charge < -0.3 is 15.2 Å². The van der Waals surface area contributed by atoms with E-state index in [4.69, 9.17) is 9.84 Å². The van der Waals surface area contributed by atoms with Crippen molar-refractivity contribution in [2.24, 2.45) is 0 Å². The van der Waals surface area contributed by atoms with Crippen LogP contribution in [0.15, 0.2) is 78.9 Å². The Morgan fingerprint density at radius 1 is 0.844 bits per heavy atom. The maximum absolute atomic E-state index is 12.6. The van der Waals surface area contributed by atoms with E-state index in [1.165, 1.54) is 0 Å². The van der Waals surface area contributed by atoms with Gasteiger partial charge in [-0.3, -0.25) is 9.69 Å². The number of piperidine rings is 1. The first-order chi connectivity index (χ1) is 15.6. The summed E-state index contributed by atoms with van der Waals surface area (Å²) in [6, 6.07) is 23.9. The molecule has 2 N–H and O–H groups in total. The van der Waals surface area contributed by atoms with Crippen molar-refractivity contribution in [2.45, 2.75) is 25.4 Å². The monoisotopic (exact) mass is 430 g/mol. The molecule has 1 amide bonds. The molecule has 0 spiro atoms. The molecule has 0 saturated carbocycles. The summed E-state index contributed by atoms with van der Waals surface area (Å²) < 4.78 is 5.78. The topological polar surface area (TPSA) is 78.9 Å². The molecule has 6 heteroatoms. The Bertz CT molecular complexity index is 1040. The molecule has 1 aliphatic heterocycles. The molecular weight excluding hydrogens is 404 g/mol. The van der Waals surface area contributed by atoms with Crippen LogP contribution in [0, 0.1) is 0 Å². The van der Waals surface area contributed by atoms with Crippen LogP contribution in [0.4, 0.5) is 0 Å². The van der Waals surface area contributed by atoms with E-state index in [0.29, 0.717) is 16.9 Å². The van der Waals surface area contributed by atoms with Crippen LogP contribution in [0.1, 0.15) is 39.1 Å². The van der Waals surface area contributed by atoms with E-state index in [2.05, 4.69) is 10.2 Å². The van der Waals surface area contributed by atoms with Gasteiger partial charge >= 0.3 is 5.97 Å². The van der Waals surface area contributed by atoms with E-state index < -0.39 is 5.97 Å². The number of para-hydroxylation sites is 1. The van der Waals surface area contributed by atoms with Crippen molar-refractivity contribution in [3.63, 3.8) is 0 Å². The van der Waals surface area contributed by atoms with E-state index in [0.717, 1.165) is 43.8 Å². The van der Waals surface area contributed by atoms with Crippen molar-refractivity contribution < 1.29 is 19.4 Å². The van der Waals surface area contributed by atoms with Gasteiger partial charge in [-0.25, -0.2) is 4.79 Å². The second-order valence-corrected chi connectivity index (χ2v) is 7.97. The van der Waals surface area contributed by atoms with Crippen LogP contribution in [0.3, 0.4) is 0 Å². The Morgan fingerprint density at radius 2 is 1.44 bits per heavy atom. The fraction of sp³-hybridized carbons (Fsp3) is 0.231. The Kier molecular flexibility index (Phi) is 6.82. The van der Waals surface area contributed by atoms with Crippen LogP contribution in [-0.4, -0.2) is 41.0 Å². The molecule has 0 aliphatic carbocycles. The van der Waals surface area contributed by atoms with Crippen LogP contribution in [0.5, 0.6) is 11.5 Å². The number of nitrogens with one attached hydrogen (secondary N) is 1. The second-order valence-electron chi connectivity index (χ2n) is 7.97. The van der Waals surface area contributed by atoms with Gasteiger partial charge in [-0.2, -0.15) is 0 Å². The summed E-state index contributed by atoms with van der Waals surface area (Å²) in [6.45, 7) is 2.55. The maximum Gasteiger partial charge on any atom is 0.335 e. The van der Waals surface area contributed by atoms with Crippen molar-refractivity contribution >= 4 is 11.9 Å². The number of rotatable bonds is 7. The first-order valence-electron chi connectivity index (χ1n) is 10.8. The fourth-order valence-electron chi connectivity index (χ4n) is 3.81. The molecule has 32 heavy (non-hydrogen) atoms. The number of amides is 1. The minimum absolute atomic E-state index is 0.0704. The molecule has 1 fully saturated rings. The number of hydrogen-bond donors (Lipinski definition) is 2. The van der Waals surface area contributed by atoms with Gasteiger partial charge in [0.15, 0.2) is 0 Å². The summed E-state index contributed by atoms with van der Waals surface area (Å²) in [4.78, 5) is 25.9. The average molecular weight is 431 g/mol. The molecule has 0 bridgehead atoms. The smallest absolute Gasteiger partial charge is 0.335 e. The van der Waals surface area contributed by atoms with E-state index in [1.807, 2.05) is 42.5 Å².